The highest BCUT2D eigenvalue weighted by atomic mass is 127. The van der Waals surface area contributed by atoms with E-state index >= 15 is 0 Å². The SMILES string of the molecule is CN(C)C(=O)CN=C(NCCc1cccc(C(=O)N(C)C)c1)NC1CC2CCC1C2.I. The van der Waals surface area contributed by atoms with Crippen molar-refractivity contribution in [1.82, 2.24) is 20.4 Å². The molecule has 2 saturated carbocycles. The van der Waals surface area contributed by atoms with E-state index in [1.165, 1.54) is 25.7 Å². The molecule has 2 aliphatic carbocycles. The molecule has 1 aromatic rings. The van der Waals surface area contributed by atoms with Crippen molar-refractivity contribution in [3.05, 3.63) is 35.4 Å². The molecule has 7 nitrogen and oxygen atoms in total. The number of benzene rings is 1. The van der Waals surface area contributed by atoms with Gasteiger partial charge in [-0.1, -0.05) is 18.6 Å². The summed E-state index contributed by atoms with van der Waals surface area (Å²) in [5.41, 5.74) is 1.79. The molecule has 2 fully saturated rings. The predicted octanol–water partition coefficient (Wildman–Crippen LogP) is 2.36. The Morgan fingerprint density at radius 1 is 1.10 bits per heavy atom. The van der Waals surface area contributed by atoms with Crippen LogP contribution in [-0.4, -0.2) is 74.9 Å². The summed E-state index contributed by atoms with van der Waals surface area (Å²) < 4.78 is 0. The zero-order valence-electron chi connectivity index (χ0n) is 19.1. The Hall–Kier alpha value is -1.84. The van der Waals surface area contributed by atoms with Crippen LogP contribution in [0.15, 0.2) is 29.3 Å². The normalized spacial score (nSPS) is 21.9. The van der Waals surface area contributed by atoms with E-state index in [0.29, 0.717) is 24.1 Å². The third-order valence-electron chi connectivity index (χ3n) is 6.22. The van der Waals surface area contributed by atoms with Gasteiger partial charge in [0.05, 0.1) is 0 Å². The molecule has 2 N–H and O–H groups in total. The minimum atomic E-state index is -0.0149. The average Bonchev–Trinajstić information content (AvgIpc) is 3.34. The molecule has 3 rings (SSSR count). The Balaban J connectivity index is 0.00000341. The Morgan fingerprint density at radius 2 is 1.87 bits per heavy atom. The monoisotopic (exact) mass is 541 g/mol. The summed E-state index contributed by atoms with van der Waals surface area (Å²) in [5, 5.41) is 6.97. The van der Waals surface area contributed by atoms with Gasteiger partial charge in [-0.05, 0) is 55.2 Å². The first kappa shape index (κ1) is 25.4. The molecule has 3 unspecified atom stereocenters. The minimum absolute atomic E-state index is 0. The predicted molar refractivity (Wildman–Crippen MR) is 135 cm³/mol. The minimum Gasteiger partial charge on any atom is -0.356 e. The van der Waals surface area contributed by atoms with E-state index in [1.807, 2.05) is 24.3 Å². The van der Waals surface area contributed by atoms with Gasteiger partial charge < -0.3 is 20.4 Å². The Morgan fingerprint density at radius 3 is 2.48 bits per heavy atom. The largest absolute Gasteiger partial charge is 0.356 e. The van der Waals surface area contributed by atoms with Gasteiger partial charge in [0, 0.05) is 46.3 Å². The van der Waals surface area contributed by atoms with E-state index in [-0.39, 0.29) is 42.3 Å². The molecule has 172 valence electrons. The van der Waals surface area contributed by atoms with Gasteiger partial charge in [0.15, 0.2) is 5.96 Å². The summed E-state index contributed by atoms with van der Waals surface area (Å²) >= 11 is 0. The lowest BCUT2D eigenvalue weighted by molar-refractivity contribution is -0.127. The van der Waals surface area contributed by atoms with Crippen molar-refractivity contribution in [2.45, 2.75) is 38.1 Å². The van der Waals surface area contributed by atoms with Gasteiger partial charge >= 0.3 is 0 Å². The lowest BCUT2D eigenvalue weighted by atomic mass is 9.95. The first-order valence-corrected chi connectivity index (χ1v) is 10.9. The van der Waals surface area contributed by atoms with Gasteiger partial charge in [-0.25, -0.2) is 4.99 Å². The number of rotatable bonds is 7. The van der Waals surface area contributed by atoms with Gasteiger partial charge in [0.1, 0.15) is 6.54 Å². The third kappa shape index (κ3) is 7.08. The molecule has 2 amide bonds. The first-order chi connectivity index (χ1) is 14.3. The fourth-order valence-electron chi connectivity index (χ4n) is 4.48. The van der Waals surface area contributed by atoms with Crippen molar-refractivity contribution >= 4 is 41.8 Å². The second-order valence-corrected chi connectivity index (χ2v) is 8.96. The number of amides is 2. The fraction of sp³-hybridized carbons (Fsp3) is 0.609. The summed E-state index contributed by atoms with van der Waals surface area (Å²) in [6.45, 7) is 0.818. The number of halogens is 1. The molecule has 0 aromatic heterocycles. The zero-order chi connectivity index (χ0) is 21.7. The maximum Gasteiger partial charge on any atom is 0.253 e. The van der Waals surface area contributed by atoms with Crippen molar-refractivity contribution in [2.75, 3.05) is 41.3 Å². The highest BCUT2D eigenvalue weighted by Crippen LogP contribution is 2.44. The summed E-state index contributed by atoms with van der Waals surface area (Å²) in [7, 11) is 7.01. The quantitative estimate of drug-likeness (QED) is 0.316. The molecule has 8 heteroatoms. The average molecular weight is 541 g/mol. The molecule has 3 atom stereocenters. The topological polar surface area (TPSA) is 77.0 Å². The van der Waals surface area contributed by atoms with Crippen LogP contribution in [0.1, 0.15) is 41.6 Å². The number of carbonyl (C=O) groups excluding carboxylic acids is 2. The molecule has 2 aliphatic rings. The standard InChI is InChI=1S/C23H35N5O2.HI/c1-27(2)21(29)15-25-23(26-20-14-17-8-9-18(20)13-17)24-11-10-16-6-5-7-19(12-16)22(30)28(3)4;/h5-7,12,17-18,20H,8-11,13-15H2,1-4H3,(H2,24,25,26);1H. The van der Waals surface area contributed by atoms with Crippen LogP contribution in [0.4, 0.5) is 0 Å². The van der Waals surface area contributed by atoms with Gasteiger partial charge in [-0.3, -0.25) is 9.59 Å². The van der Waals surface area contributed by atoms with Crippen molar-refractivity contribution in [3.63, 3.8) is 0 Å². The lowest BCUT2D eigenvalue weighted by Gasteiger charge is -2.25. The number of nitrogens with zero attached hydrogens (tertiary/aromatic N) is 3. The van der Waals surface area contributed by atoms with Crippen molar-refractivity contribution in [3.8, 4) is 0 Å². The summed E-state index contributed by atoms with van der Waals surface area (Å²) in [6, 6.07) is 8.19. The highest BCUT2D eigenvalue weighted by Gasteiger charge is 2.39. The van der Waals surface area contributed by atoms with E-state index in [1.54, 1.807) is 38.0 Å². The fourth-order valence-corrected chi connectivity index (χ4v) is 4.48. The summed E-state index contributed by atoms with van der Waals surface area (Å²) in [4.78, 5) is 31.9. The summed E-state index contributed by atoms with van der Waals surface area (Å²) in [5.74, 6) is 2.27. The molecule has 0 spiro atoms. The highest BCUT2D eigenvalue weighted by molar-refractivity contribution is 14.0. The molecular weight excluding hydrogens is 505 g/mol. The van der Waals surface area contributed by atoms with Crippen LogP contribution >= 0.6 is 24.0 Å². The van der Waals surface area contributed by atoms with E-state index in [9.17, 15) is 9.59 Å². The molecule has 0 heterocycles. The van der Waals surface area contributed by atoms with Crippen LogP contribution in [0.3, 0.4) is 0 Å². The Bertz CT molecular complexity index is 796. The van der Waals surface area contributed by atoms with E-state index in [4.69, 9.17) is 0 Å². The van der Waals surface area contributed by atoms with E-state index in [0.717, 1.165) is 23.8 Å². The first-order valence-electron chi connectivity index (χ1n) is 10.9. The number of hydrogen-bond acceptors (Lipinski definition) is 3. The molecule has 31 heavy (non-hydrogen) atoms. The summed E-state index contributed by atoms with van der Waals surface area (Å²) in [6.07, 6.45) is 5.92. The van der Waals surface area contributed by atoms with E-state index in [2.05, 4.69) is 15.6 Å². The van der Waals surface area contributed by atoms with Crippen LogP contribution in [0.2, 0.25) is 0 Å². The molecular formula is C23H36IN5O2. The molecule has 0 saturated heterocycles. The molecule has 1 aromatic carbocycles. The number of aliphatic imine (C=N–C) groups is 1. The number of guanidine groups is 1. The number of hydrogen-bond donors (Lipinski definition) is 2. The van der Waals surface area contributed by atoms with E-state index < -0.39 is 0 Å². The number of likely N-dealkylation sites (N-methyl/N-ethyl adjacent to an activating group) is 1. The van der Waals surface area contributed by atoms with Crippen molar-refractivity contribution in [2.24, 2.45) is 16.8 Å². The molecule has 2 bridgehead atoms. The Kier molecular flexibility index (Phi) is 9.58. The number of nitrogens with one attached hydrogen (secondary N) is 2. The lowest BCUT2D eigenvalue weighted by Crippen LogP contribution is -2.46. The molecule has 0 aliphatic heterocycles. The number of fused-ring (bicyclic) bond motifs is 2. The zero-order valence-corrected chi connectivity index (χ0v) is 21.4. The number of carbonyl (C=O) groups is 2. The smallest absolute Gasteiger partial charge is 0.253 e. The second-order valence-electron chi connectivity index (χ2n) is 8.96. The van der Waals surface area contributed by atoms with Gasteiger partial charge in [0.25, 0.3) is 5.91 Å². The van der Waals surface area contributed by atoms with Crippen LogP contribution in [-0.2, 0) is 11.2 Å². The molecule has 0 radical (unpaired) electrons. The van der Waals surface area contributed by atoms with Gasteiger partial charge in [0.2, 0.25) is 5.91 Å². The van der Waals surface area contributed by atoms with Crippen LogP contribution in [0.25, 0.3) is 0 Å². The van der Waals surface area contributed by atoms with Gasteiger partial charge in [-0.2, -0.15) is 0 Å². The van der Waals surface area contributed by atoms with Crippen LogP contribution in [0, 0.1) is 11.8 Å². The maximum absolute atomic E-state index is 12.2. The van der Waals surface area contributed by atoms with Crippen molar-refractivity contribution in [1.29, 1.82) is 0 Å². The second kappa shape index (κ2) is 11.7. The Labute approximate surface area is 203 Å². The van der Waals surface area contributed by atoms with Crippen LogP contribution < -0.4 is 10.6 Å². The third-order valence-corrected chi connectivity index (χ3v) is 6.22. The van der Waals surface area contributed by atoms with Gasteiger partial charge in [-0.15, -0.1) is 24.0 Å². The van der Waals surface area contributed by atoms with Crippen LogP contribution in [0.5, 0.6) is 0 Å². The maximum atomic E-state index is 12.2. The van der Waals surface area contributed by atoms with Crippen molar-refractivity contribution < 1.29 is 9.59 Å².